The zero-order chi connectivity index (χ0) is 18.0. The van der Waals surface area contributed by atoms with Crippen LogP contribution in [-0.4, -0.2) is 58.1 Å². The number of rotatable bonds is 4. The second-order valence-electron chi connectivity index (χ2n) is 6.02. The molecular formula is C16H18N4O4S. The molecule has 8 nitrogen and oxygen atoms in total. The van der Waals surface area contributed by atoms with Crippen LogP contribution in [0.2, 0.25) is 0 Å². The minimum Gasteiger partial charge on any atom is -0.478 e. The monoisotopic (exact) mass is 362 g/mol. The Morgan fingerprint density at radius 1 is 1.28 bits per heavy atom. The predicted molar refractivity (Wildman–Crippen MR) is 90.6 cm³/mol. The van der Waals surface area contributed by atoms with E-state index >= 15 is 0 Å². The Kier molecular flexibility index (Phi) is 4.78. The molecule has 1 N–H and O–H groups in total. The second kappa shape index (κ2) is 6.85. The minimum absolute atomic E-state index is 0.0653. The number of hydrogen-bond donors (Lipinski definition) is 1. The van der Waals surface area contributed by atoms with Gasteiger partial charge in [-0.3, -0.25) is 15.0 Å². The van der Waals surface area contributed by atoms with Gasteiger partial charge in [-0.05, 0) is 18.9 Å². The third-order valence-electron chi connectivity index (χ3n) is 4.23. The van der Waals surface area contributed by atoms with Gasteiger partial charge in [0.05, 0.1) is 23.2 Å². The van der Waals surface area contributed by atoms with Crippen molar-refractivity contribution in [3.05, 3.63) is 42.1 Å². The number of carboxylic acids is 1. The van der Waals surface area contributed by atoms with Crippen molar-refractivity contribution in [1.82, 2.24) is 19.3 Å². The summed E-state index contributed by atoms with van der Waals surface area (Å²) in [6.07, 6.45) is 8.64. The number of aromatic carboxylic acids is 1. The van der Waals surface area contributed by atoms with E-state index in [1.165, 1.54) is 35.2 Å². The number of carbonyl (C=O) groups is 1. The van der Waals surface area contributed by atoms with E-state index < -0.39 is 16.0 Å². The molecule has 0 radical (unpaired) electrons. The van der Waals surface area contributed by atoms with Crippen LogP contribution in [0.5, 0.6) is 0 Å². The molecular weight excluding hydrogens is 344 g/mol. The molecule has 1 aliphatic rings. The molecule has 1 aliphatic heterocycles. The molecule has 0 amide bonds. The van der Waals surface area contributed by atoms with Gasteiger partial charge in [0, 0.05) is 49.4 Å². The Balaban J connectivity index is 1.99. The van der Waals surface area contributed by atoms with Crippen molar-refractivity contribution in [3.8, 4) is 11.3 Å². The summed E-state index contributed by atoms with van der Waals surface area (Å²) in [5.41, 5.74) is 1.83. The molecule has 9 heteroatoms. The Morgan fingerprint density at radius 3 is 2.76 bits per heavy atom. The van der Waals surface area contributed by atoms with Crippen LogP contribution in [0.15, 0.2) is 30.9 Å². The van der Waals surface area contributed by atoms with Crippen LogP contribution in [0.1, 0.15) is 34.8 Å². The summed E-state index contributed by atoms with van der Waals surface area (Å²) in [6, 6.07) is 1.50. The van der Waals surface area contributed by atoms with E-state index in [-0.39, 0.29) is 11.5 Å². The maximum Gasteiger partial charge on any atom is 0.337 e. The van der Waals surface area contributed by atoms with Gasteiger partial charge in [-0.25, -0.2) is 17.5 Å². The summed E-state index contributed by atoms with van der Waals surface area (Å²) in [6.45, 7) is 0.845. The third-order valence-corrected chi connectivity index (χ3v) is 5.49. The van der Waals surface area contributed by atoms with Gasteiger partial charge in [-0.1, -0.05) is 0 Å². The smallest absolute Gasteiger partial charge is 0.337 e. The van der Waals surface area contributed by atoms with Crippen LogP contribution in [0.25, 0.3) is 11.3 Å². The Bertz CT molecular complexity index is 901. The van der Waals surface area contributed by atoms with E-state index in [1.54, 1.807) is 6.20 Å². The second-order valence-corrected chi connectivity index (χ2v) is 8.00. The van der Waals surface area contributed by atoms with Crippen LogP contribution in [0, 0.1) is 0 Å². The molecule has 2 aromatic heterocycles. The van der Waals surface area contributed by atoms with Gasteiger partial charge in [-0.2, -0.15) is 0 Å². The first-order valence-electron chi connectivity index (χ1n) is 7.81. The first kappa shape index (κ1) is 17.4. The summed E-state index contributed by atoms with van der Waals surface area (Å²) < 4.78 is 25.2. The molecule has 0 unspecified atom stereocenters. The zero-order valence-electron chi connectivity index (χ0n) is 13.7. The number of piperidine rings is 1. The van der Waals surface area contributed by atoms with Gasteiger partial charge in [0.15, 0.2) is 0 Å². The summed E-state index contributed by atoms with van der Waals surface area (Å²) in [5, 5.41) is 9.15. The van der Waals surface area contributed by atoms with Gasteiger partial charge in [0.2, 0.25) is 10.0 Å². The molecule has 1 saturated heterocycles. The lowest BCUT2D eigenvalue weighted by Crippen LogP contribution is -2.38. The van der Waals surface area contributed by atoms with Crippen molar-refractivity contribution in [2.24, 2.45) is 0 Å². The van der Waals surface area contributed by atoms with Crippen LogP contribution >= 0.6 is 0 Å². The number of carboxylic acid groups (broad SMARTS) is 1. The van der Waals surface area contributed by atoms with Crippen LogP contribution in [0.3, 0.4) is 0 Å². The summed E-state index contributed by atoms with van der Waals surface area (Å²) >= 11 is 0. The fourth-order valence-corrected chi connectivity index (χ4v) is 3.93. The number of nitrogens with zero attached hydrogens (tertiary/aromatic N) is 4. The predicted octanol–water partition coefficient (Wildman–Crippen LogP) is 1.38. The Morgan fingerprint density at radius 2 is 2.04 bits per heavy atom. The van der Waals surface area contributed by atoms with Gasteiger partial charge in [-0.15, -0.1) is 0 Å². The summed E-state index contributed by atoms with van der Waals surface area (Å²) in [5.74, 6) is -1.17. The van der Waals surface area contributed by atoms with Crippen molar-refractivity contribution in [3.63, 3.8) is 0 Å². The van der Waals surface area contributed by atoms with E-state index in [4.69, 9.17) is 5.11 Å². The molecule has 2 aromatic rings. The molecule has 3 heterocycles. The SMILES string of the molecule is CS(=O)(=O)N1CCC[C@H](c2nccnc2-c2cncc(C(=O)O)c2)C1. The molecule has 0 saturated carbocycles. The molecule has 3 rings (SSSR count). The highest BCUT2D eigenvalue weighted by atomic mass is 32.2. The first-order chi connectivity index (χ1) is 11.9. The molecule has 1 fully saturated rings. The molecule has 25 heavy (non-hydrogen) atoms. The molecule has 1 atom stereocenters. The van der Waals surface area contributed by atoms with E-state index in [2.05, 4.69) is 15.0 Å². The lowest BCUT2D eigenvalue weighted by Gasteiger charge is -2.31. The Labute approximate surface area is 145 Å². The zero-order valence-corrected chi connectivity index (χ0v) is 14.5. The van der Waals surface area contributed by atoms with Gasteiger partial charge >= 0.3 is 5.97 Å². The van der Waals surface area contributed by atoms with Gasteiger partial charge in [0.1, 0.15) is 0 Å². The van der Waals surface area contributed by atoms with Crippen LogP contribution < -0.4 is 0 Å². The fourth-order valence-electron chi connectivity index (χ4n) is 3.02. The number of sulfonamides is 1. The topological polar surface area (TPSA) is 113 Å². The largest absolute Gasteiger partial charge is 0.478 e. The quantitative estimate of drug-likeness (QED) is 0.874. The summed E-state index contributed by atoms with van der Waals surface area (Å²) in [4.78, 5) is 23.9. The highest BCUT2D eigenvalue weighted by molar-refractivity contribution is 7.88. The average Bonchev–Trinajstić information content (AvgIpc) is 2.61. The average molecular weight is 362 g/mol. The van der Waals surface area contributed by atoms with Gasteiger partial charge < -0.3 is 5.11 Å². The molecule has 0 aliphatic carbocycles. The molecule has 0 spiro atoms. The standard InChI is InChI=1S/C16H18N4O4S/c1-25(23,24)20-6-2-3-11(10-20)14-15(19-5-4-18-14)12-7-13(16(21)22)9-17-8-12/h4-5,7-9,11H,2-3,6,10H2,1H3,(H,21,22)/t11-/m0/s1. The maximum absolute atomic E-state index is 11.9. The lowest BCUT2D eigenvalue weighted by molar-refractivity contribution is 0.0696. The normalized spacial score (nSPS) is 18.8. The molecule has 132 valence electrons. The minimum atomic E-state index is -3.27. The Hall–Kier alpha value is -2.39. The van der Waals surface area contributed by atoms with E-state index in [0.717, 1.165) is 12.8 Å². The van der Waals surface area contributed by atoms with Crippen molar-refractivity contribution < 1.29 is 18.3 Å². The lowest BCUT2D eigenvalue weighted by atomic mass is 9.92. The molecule has 0 aromatic carbocycles. The van der Waals surface area contributed by atoms with E-state index in [1.807, 2.05) is 0 Å². The van der Waals surface area contributed by atoms with E-state index in [0.29, 0.717) is 30.0 Å². The molecule has 0 bridgehead atoms. The van der Waals surface area contributed by atoms with E-state index in [9.17, 15) is 13.2 Å². The highest BCUT2D eigenvalue weighted by Crippen LogP contribution is 2.32. The first-order valence-corrected chi connectivity index (χ1v) is 9.66. The fraction of sp³-hybridized carbons (Fsp3) is 0.375. The van der Waals surface area contributed by atoms with Crippen molar-refractivity contribution in [2.45, 2.75) is 18.8 Å². The number of aromatic nitrogens is 3. The van der Waals surface area contributed by atoms with Crippen molar-refractivity contribution in [2.75, 3.05) is 19.3 Å². The van der Waals surface area contributed by atoms with Gasteiger partial charge in [0.25, 0.3) is 0 Å². The highest BCUT2D eigenvalue weighted by Gasteiger charge is 2.29. The van der Waals surface area contributed by atoms with Crippen molar-refractivity contribution >= 4 is 16.0 Å². The maximum atomic E-state index is 11.9. The number of pyridine rings is 1. The van der Waals surface area contributed by atoms with Crippen LogP contribution in [0.4, 0.5) is 0 Å². The van der Waals surface area contributed by atoms with Crippen molar-refractivity contribution in [1.29, 1.82) is 0 Å². The number of hydrogen-bond acceptors (Lipinski definition) is 6. The summed E-state index contributed by atoms with van der Waals surface area (Å²) in [7, 11) is -3.27. The third kappa shape index (κ3) is 3.83. The van der Waals surface area contributed by atoms with Crippen LogP contribution in [-0.2, 0) is 10.0 Å².